The number of methoxy groups -OCH3 is 1. The van der Waals surface area contributed by atoms with Gasteiger partial charge in [0.25, 0.3) is 0 Å². The van der Waals surface area contributed by atoms with E-state index in [2.05, 4.69) is 15.0 Å². The number of rotatable bonds is 3. The molecule has 11 nitrogen and oxygen atoms in total. The second-order valence-electron chi connectivity index (χ2n) is 8.56. The highest BCUT2D eigenvalue weighted by Crippen LogP contribution is 2.35. The number of alkyl halides is 6. The lowest BCUT2D eigenvalue weighted by atomic mass is 9.96. The van der Waals surface area contributed by atoms with Crippen LogP contribution < -0.4 is 15.2 Å². The van der Waals surface area contributed by atoms with Gasteiger partial charge in [0, 0.05) is 17.8 Å². The highest BCUT2D eigenvalue weighted by Gasteiger charge is 2.38. The van der Waals surface area contributed by atoms with Gasteiger partial charge in [0.05, 0.1) is 36.4 Å². The normalized spacial score (nSPS) is 14.3. The van der Waals surface area contributed by atoms with Gasteiger partial charge < -0.3 is 30.4 Å². The summed E-state index contributed by atoms with van der Waals surface area (Å²) in [5, 5.41) is 14.2. The SMILES string of the molecule is COc1ccc2c(c1)CC(c1nc3cc(-c4ccnc(N)n4)c(F)cc3[nH]1)CO2.O=C(O)C(F)(F)F.O=C(O)C(F)(F)F. The zero-order valence-corrected chi connectivity index (χ0v) is 21.6. The van der Waals surface area contributed by atoms with E-state index in [4.69, 9.17) is 40.0 Å². The van der Waals surface area contributed by atoms with Crippen LogP contribution in [0.2, 0.25) is 0 Å². The average molecular weight is 619 g/mol. The minimum atomic E-state index is -5.08. The fraction of sp³-hybridized carbons (Fsp3) is 0.240. The molecule has 1 unspecified atom stereocenters. The van der Waals surface area contributed by atoms with E-state index >= 15 is 0 Å². The second-order valence-corrected chi connectivity index (χ2v) is 8.56. The first-order valence-electron chi connectivity index (χ1n) is 11.7. The first kappa shape index (κ1) is 32.4. The number of imidazole rings is 1. The van der Waals surface area contributed by atoms with Crippen molar-refractivity contribution in [2.45, 2.75) is 24.7 Å². The van der Waals surface area contributed by atoms with Gasteiger partial charge in [-0.3, -0.25) is 0 Å². The van der Waals surface area contributed by atoms with Crippen LogP contribution in [-0.4, -0.2) is 68.2 Å². The number of anilines is 1. The van der Waals surface area contributed by atoms with Crippen LogP contribution in [0.5, 0.6) is 11.5 Å². The van der Waals surface area contributed by atoms with E-state index in [0.29, 0.717) is 28.9 Å². The molecule has 4 aromatic rings. The molecule has 43 heavy (non-hydrogen) atoms. The monoisotopic (exact) mass is 619 g/mol. The maximum Gasteiger partial charge on any atom is 0.490 e. The molecule has 5 N–H and O–H groups in total. The number of nitrogens with zero attached hydrogens (tertiary/aromatic N) is 3. The largest absolute Gasteiger partial charge is 0.497 e. The summed E-state index contributed by atoms with van der Waals surface area (Å²) in [6, 6.07) is 10.5. The Bertz CT molecular complexity index is 1600. The smallest absolute Gasteiger partial charge is 0.490 e. The molecule has 2 aromatic heterocycles. The Morgan fingerprint density at radius 2 is 1.65 bits per heavy atom. The number of aromatic nitrogens is 4. The van der Waals surface area contributed by atoms with Crippen molar-refractivity contribution in [3.63, 3.8) is 0 Å². The molecule has 0 radical (unpaired) electrons. The lowest BCUT2D eigenvalue weighted by molar-refractivity contribution is -0.193. The summed E-state index contributed by atoms with van der Waals surface area (Å²) >= 11 is 0. The molecule has 0 aliphatic carbocycles. The third kappa shape index (κ3) is 8.43. The quantitative estimate of drug-likeness (QED) is 0.235. The third-order valence-electron chi connectivity index (χ3n) is 5.58. The van der Waals surface area contributed by atoms with Crippen molar-refractivity contribution in [3.8, 4) is 22.8 Å². The van der Waals surface area contributed by atoms with E-state index in [1.165, 1.54) is 12.3 Å². The number of nitrogen functional groups attached to an aromatic ring is 1. The zero-order valence-electron chi connectivity index (χ0n) is 21.6. The molecule has 0 amide bonds. The molecule has 5 rings (SSSR count). The van der Waals surface area contributed by atoms with Gasteiger partial charge in [-0.15, -0.1) is 0 Å². The molecule has 0 fully saturated rings. The Kier molecular flexibility index (Phi) is 9.62. The van der Waals surface area contributed by atoms with E-state index in [-0.39, 0.29) is 11.9 Å². The molecule has 230 valence electrons. The fourth-order valence-electron chi connectivity index (χ4n) is 3.64. The minimum absolute atomic E-state index is 0.0308. The molecule has 1 aliphatic heterocycles. The van der Waals surface area contributed by atoms with Crippen LogP contribution in [0.1, 0.15) is 17.3 Å². The number of carbonyl (C=O) groups is 2. The molecule has 3 heterocycles. The van der Waals surface area contributed by atoms with Gasteiger partial charge in [-0.1, -0.05) is 0 Å². The zero-order chi connectivity index (χ0) is 32.1. The van der Waals surface area contributed by atoms with Gasteiger partial charge in [-0.2, -0.15) is 26.3 Å². The maximum atomic E-state index is 14.7. The molecule has 0 saturated carbocycles. The van der Waals surface area contributed by atoms with Gasteiger partial charge >= 0.3 is 24.3 Å². The number of hydrogen-bond acceptors (Lipinski definition) is 8. The Balaban J connectivity index is 0.000000303. The molecule has 0 spiro atoms. The van der Waals surface area contributed by atoms with E-state index < -0.39 is 30.1 Å². The van der Waals surface area contributed by atoms with Gasteiger partial charge in [0.2, 0.25) is 5.95 Å². The van der Waals surface area contributed by atoms with E-state index in [1.54, 1.807) is 19.2 Å². The van der Waals surface area contributed by atoms with Crippen molar-refractivity contribution in [3.05, 3.63) is 59.8 Å². The fourth-order valence-corrected chi connectivity index (χ4v) is 3.64. The molecule has 1 aliphatic rings. The summed E-state index contributed by atoms with van der Waals surface area (Å²) < 4.78 is 89.4. The van der Waals surface area contributed by atoms with Crippen LogP contribution in [0, 0.1) is 5.82 Å². The minimum Gasteiger partial charge on any atom is -0.497 e. The molecule has 0 bridgehead atoms. The second kappa shape index (κ2) is 12.8. The Hall–Kier alpha value is -5.16. The predicted molar refractivity (Wildman–Crippen MR) is 134 cm³/mol. The third-order valence-corrected chi connectivity index (χ3v) is 5.58. The van der Waals surface area contributed by atoms with E-state index in [9.17, 15) is 30.7 Å². The predicted octanol–water partition coefficient (Wildman–Crippen LogP) is 4.74. The standard InChI is InChI=1S/C21H18FN5O2.2C2HF3O2/c1-28-13-2-3-19-11(7-13)6-12(10-29-19)20-25-17-8-14(15(22)9-18(17)26-20)16-4-5-24-21(23)27-16;2*3-2(4,5)1(6)7/h2-5,7-9,12H,6,10H2,1H3,(H,25,26)(H2,23,24,27);2*(H,6,7). The van der Waals surface area contributed by atoms with Crippen LogP contribution in [0.3, 0.4) is 0 Å². The Morgan fingerprint density at radius 3 is 2.21 bits per heavy atom. The maximum absolute atomic E-state index is 14.7. The van der Waals surface area contributed by atoms with Crippen molar-refractivity contribution >= 4 is 28.9 Å². The number of aromatic amines is 1. The number of halogens is 7. The number of hydrogen-bond donors (Lipinski definition) is 4. The highest BCUT2D eigenvalue weighted by molar-refractivity contribution is 5.82. The van der Waals surface area contributed by atoms with Crippen LogP contribution >= 0.6 is 0 Å². The van der Waals surface area contributed by atoms with Crippen LogP contribution in [0.4, 0.5) is 36.7 Å². The summed E-state index contributed by atoms with van der Waals surface area (Å²) in [5.41, 5.74) is 8.73. The Morgan fingerprint density at radius 1 is 1.02 bits per heavy atom. The number of fused-ring (bicyclic) bond motifs is 2. The lowest BCUT2D eigenvalue weighted by Gasteiger charge is -2.24. The number of nitrogens with two attached hydrogens (primary N) is 1. The van der Waals surface area contributed by atoms with Crippen LogP contribution in [0.15, 0.2) is 42.6 Å². The van der Waals surface area contributed by atoms with E-state index in [0.717, 1.165) is 29.3 Å². The first-order valence-corrected chi connectivity index (χ1v) is 11.7. The molecular weight excluding hydrogens is 599 g/mol. The summed E-state index contributed by atoms with van der Waals surface area (Å²) in [6.45, 7) is 0.497. The van der Waals surface area contributed by atoms with Gasteiger partial charge in [0.15, 0.2) is 0 Å². The first-order chi connectivity index (χ1) is 20.0. The molecular formula is C25H20F7N5O6. The van der Waals surface area contributed by atoms with Crippen molar-refractivity contribution in [1.82, 2.24) is 19.9 Å². The number of ether oxygens (including phenoxy) is 2. The van der Waals surface area contributed by atoms with Crippen molar-refractivity contribution < 1.29 is 60.0 Å². The topological polar surface area (TPSA) is 174 Å². The van der Waals surface area contributed by atoms with Crippen molar-refractivity contribution in [1.29, 1.82) is 0 Å². The van der Waals surface area contributed by atoms with Gasteiger partial charge in [0.1, 0.15) is 23.1 Å². The number of aliphatic carboxylic acids is 2. The number of benzene rings is 2. The summed E-state index contributed by atoms with van der Waals surface area (Å²) in [4.78, 5) is 33.7. The summed E-state index contributed by atoms with van der Waals surface area (Å²) in [7, 11) is 1.64. The molecule has 0 saturated heterocycles. The average Bonchev–Trinajstić information content (AvgIpc) is 3.34. The van der Waals surface area contributed by atoms with Crippen LogP contribution in [-0.2, 0) is 16.0 Å². The molecule has 2 aromatic carbocycles. The lowest BCUT2D eigenvalue weighted by Crippen LogP contribution is -2.21. The summed E-state index contributed by atoms with van der Waals surface area (Å²) in [5.74, 6) is -3.39. The molecule has 18 heteroatoms. The molecule has 1 atom stereocenters. The number of nitrogens with one attached hydrogen (secondary N) is 1. The van der Waals surface area contributed by atoms with Gasteiger partial charge in [-0.05, 0) is 42.3 Å². The highest BCUT2D eigenvalue weighted by atomic mass is 19.4. The van der Waals surface area contributed by atoms with Crippen molar-refractivity contribution in [2.75, 3.05) is 19.5 Å². The summed E-state index contributed by atoms with van der Waals surface area (Å²) in [6.07, 6.45) is -7.91. The van der Waals surface area contributed by atoms with Crippen LogP contribution in [0.25, 0.3) is 22.3 Å². The number of carboxylic acids is 2. The number of H-pyrrole nitrogens is 1. The Labute approximate surface area is 236 Å². The number of carboxylic acid groups (broad SMARTS) is 2. The van der Waals surface area contributed by atoms with Gasteiger partial charge in [-0.25, -0.2) is 28.9 Å². The van der Waals surface area contributed by atoms with Crippen molar-refractivity contribution in [2.24, 2.45) is 0 Å². The van der Waals surface area contributed by atoms with E-state index in [1.807, 2.05) is 18.2 Å².